The lowest BCUT2D eigenvalue weighted by Crippen LogP contribution is -1.99. The first-order valence-corrected chi connectivity index (χ1v) is 5.79. The van der Waals surface area contributed by atoms with E-state index in [4.69, 9.17) is 4.74 Å². The molecule has 2 aromatic rings. The Kier molecular flexibility index (Phi) is 3.93. The summed E-state index contributed by atoms with van der Waals surface area (Å²) >= 11 is 0. The van der Waals surface area contributed by atoms with Crippen LogP contribution in [0.15, 0.2) is 36.4 Å². The van der Waals surface area contributed by atoms with Gasteiger partial charge in [0, 0.05) is 12.1 Å². The molecule has 0 aliphatic carbocycles. The molecule has 0 atom stereocenters. The highest BCUT2D eigenvalue weighted by molar-refractivity contribution is 5.35. The Morgan fingerprint density at radius 1 is 1.15 bits per heavy atom. The normalized spacial score (nSPS) is 10.3. The second-order valence-corrected chi connectivity index (χ2v) is 4.24. The molecular formula is C14H11F2NO3. The van der Waals surface area contributed by atoms with Gasteiger partial charge in [0.15, 0.2) is 0 Å². The minimum Gasteiger partial charge on any atom is -0.489 e. The van der Waals surface area contributed by atoms with Crippen LogP contribution in [0.2, 0.25) is 0 Å². The van der Waals surface area contributed by atoms with Crippen LogP contribution >= 0.6 is 0 Å². The van der Waals surface area contributed by atoms with E-state index in [9.17, 15) is 18.9 Å². The standard InChI is InChI=1S/C14H11F2NO3/c1-9-2-4-11(7-12(9)15)20-8-10-3-5-14(17(18)19)13(16)6-10/h2-7H,8H2,1H3. The molecule has 0 aliphatic rings. The lowest BCUT2D eigenvalue weighted by atomic mass is 10.2. The van der Waals surface area contributed by atoms with Crippen LogP contribution in [0.3, 0.4) is 0 Å². The summed E-state index contributed by atoms with van der Waals surface area (Å²) in [7, 11) is 0. The largest absolute Gasteiger partial charge is 0.489 e. The zero-order chi connectivity index (χ0) is 14.7. The van der Waals surface area contributed by atoms with Gasteiger partial charge in [-0.15, -0.1) is 0 Å². The molecule has 0 unspecified atom stereocenters. The Hall–Kier alpha value is -2.50. The lowest BCUT2D eigenvalue weighted by Gasteiger charge is -2.07. The SMILES string of the molecule is Cc1ccc(OCc2ccc([N+](=O)[O-])c(F)c2)cc1F. The van der Waals surface area contributed by atoms with Crippen LogP contribution in [0.25, 0.3) is 0 Å². The fourth-order valence-corrected chi connectivity index (χ4v) is 1.62. The number of nitrogens with zero attached hydrogens (tertiary/aromatic N) is 1. The van der Waals surface area contributed by atoms with Crippen LogP contribution in [0.5, 0.6) is 5.75 Å². The van der Waals surface area contributed by atoms with Crippen LogP contribution in [-0.2, 0) is 6.61 Å². The summed E-state index contributed by atoms with van der Waals surface area (Å²) in [5.74, 6) is -1.00. The number of halogens is 2. The summed E-state index contributed by atoms with van der Waals surface area (Å²) in [6, 6.07) is 7.90. The van der Waals surface area contributed by atoms with Gasteiger partial charge in [0.05, 0.1) is 4.92 Å². The quantitative estimate of drug-likeness (QED) is 0.632. The Labute approximate surface area is 113 Å². The van der Waals surface area contributed by atoms with E-state index in [1.165, 1.54) is 12.1 Å². The molecule has 2 rings (SSSR count). The second-order valence-electron chi connectivity index (χ2n) is 4.24. The average molecular weight is 279 g/mol. The van der Waals surface area contributed by atoms with Gasteiger partial charge in [0.25, 0.3) is 0 Å². The Bertz CT molecular complexity index is 659. The molecule has 0 N–H and O–H groups in total. The van der Waals surface area contributed by atoms with Gasteiger partial charge in [-0.3, -0.25) is 10.1 Å². The number of ether oxygens (including phenoxy) is 1. The Balaban J connectivity index is 2.09. The van der Waals surface area contributed by atoms with Crippen molar-refractivity contribution in [2.45, 2.75) is 13.5 Å². The molecule has 20 heavy (non-hydrogen) atoms. The minimum absolute atomic E-state index is 0.00256. The van der Waals surface area contributed by atoms with Crippen molar-refractivity contribution >= 4 is 5.69 Å². The first kappa shape index (κ1) is 13.9. The van der Waals surface area contributed by atoms with Gasteiger partial charge in [0.1, 0.15) is 18.2 Å². The van der Waals surface area contributed by atoms with Gasteiger partial charge in [-0.25, -0.2) is 4.39 Å². The number of hydrogen-bond acceptors (Lipinski definition) is 3. The first-order valence-electron chi connectivity index (χ1n) is 5.79. The summed E-state index contributed by atoms with van der Waals surface area (Å²) in [5, 5.41) is 10.5. The minimum atomic E-state index is -0.925. The molecule has 0 saturated heterocycles. The third kappa shape index (κ3) is 3.09. The van der Waals surface area contributed by atoms with E-state index in [1.54, 1.807) is 19.1 Å². The molecule has 104 valence electrons. The second kappa shape index (κ2) is 5.64. The molecule has 0 fully saturated rings. The third-order valence-corrected chi connectivity index (χ3v) is 2.76. The highest BCUT2D eigenvalue weighted by Gasteiger charge is 2.13. The number of nitro benzene ring substituents is 1. The van der Waals surface area contributed by atoms with Crippen molar-refractivity contribution in [1.82, 2.24) is 0 Å². The molecule has 6 heteroatoms. The lowest BCUT2D eigenvalue weighted by molar-refractivity contribution is -0.387. The Morgan fingerprint density at radius 3 is 2.50 bits per heavy atom. The van der Waals surface area contributed by atoms with Crippen molar-refractivity contribution in [3.05, 3.63) is 69.3 Å². The maximum Gasteiger partial charge on any atom is 0.304 e. The van der Waals surface area contributed by atoms with Crippen LogP contribution in [0, 0.1) is 28.7 Å². The van der Waals surface area contributed by atoms with Gasteiger partial charge in [-0.2, -0.15) is 4.39 Å². The fraction of sp³-hybridized carbons (Fsp3) is 0.143. The van der Waals surface area contributed by atoms with Crippen LogP contribution < -0.4 is 4.74 Å². The maximum atomic E-state index is 13.4. The van der Waals surface area contributed by atoms with E-state index >= 15 is 0 Å². The van der Waals surface area contributed by atoms with Crippen LogP contribution in [0.4, 0.5) is 14.5 Å². The molecule has 0 aliphatic heterocycles. The zero-order valence-corrected chi connectivity index (χ0v) is 10.6. The van der Waals surface area contributed by atoms with E-state index in [0.717, 1.165) is 12.1 Å². The monoisotopic (exact) mass is 279 g/mol. The van der Waals surface area contributed by atoms with Gasteiger partial charge in [-0.1, -0.05) is 6.07 Å². The number of aryl methyl sites for hydroxylation is 1. The van der Waals surface area contributed by atoms with Crippen molar-refractivity contribution in [2.75, 3.05) is 0 Å². The summed E-state index contributed by atoms with van der Waals surface area (Å²) in [6.07, 6.45) is 0. The molecule has 4 nitrogen and oxygen atoms in total. The van der Waals surface area contributed by atoms with Crippen LogP contribution in [0.1, 0.15) is 11.1 Å². The molecule has 0 aromatic heterocycles. The molecule has 0 bridgehead atoms. The maximum absolute atomic E-state index is 13.4. The number of hydrogen-bond donors (Lipinski definition) is 0. The highest BCUT2D eigenvalue weighted by atomic mass is 19.1. The smallest absolute Gasteiger partial charge is 0.304 e. The summed E-state index contributed by atoms with van der Waals surface area (Å²) in [6.45, 7) is 1.63. The molecule has 0 radical (unpaired) electrons. The van der Waals surface area contributed by atoms with E-state index in [0.29, 0.717) is 16.9 Å². The van der Waals surface area contributed by atoms with Gasteiger partial charge < -0.3 is 4.74 Å². The van der Waals surface area contributed by atoms with Crippen molar-refractivity contribution in [2.24, 2.45) is 0 Å². The van der Waals surface area contributed by atoms with Crippen molar-refractivity contribution in [3.8, 4) is 5.75 Å². The van der Waals surface area contributed by atoms with Crippen molar-refractivity contribution in [3.63, 3.8) is 0 Å². The summed E-state index contributed by atoms with van der Waals surface area (Å²) < 4.78 is 32.0. The number of nitro groups is 1. The van der Waals surface area contributed by atoms with Crippen molar-refractivity contribution in [1.29, 1.82) is 0 Å². The van der Waals surface area contributed by atoms with E-state index in [2.05, 4.69) is 0 Å². The van der Waals surface area contributed by atoms with Gasteiger partial charge in [-0.05, 0) is 36.2 Å². The molecular weight excluding hydrogens is 268 g/mol. The molecule has 0 spiro atoms. The number of rotatable bonds is 4. The predicted molar refractivity (Wildman–Crippen MR) is 68.5 cm³/mol. The average Bonchev–Trinajstić information content (AvgIpc) is 2.40. The van der Waals surface area contributed by atoms with Gasteiger partial charge >= 0.3 is 5.69 Å². The molecule has 2 aromatic carbocycles. The first-order chi connectivity index (χ1) is 9.47. The fourth-order valence-electron chi connectivity index (χ4n) is 1.62. The highest BCUT2D eigenvalue weighted by Crippen LogP contribution is 2.20. The topological polar surface area (TPSA) is 52.4 Å². The molecule has 0 amide bonds. The molecule has 0 heterocycles. The third-order valence-electron chi connectivity index (χ3n) is 2.76. The zero-order valence-electron chi connectivity index (χ0n) is 10.6. The Morgan fingerprint density at radius 2 is 1.90 bits per heavy atom. The predicted octanol–water partition coefficient (Wildman–Crippen LogP) is 3.76. The summed E-state index contributed by atoms with van der Waals surface area (Å²) in [5.41, 5.74) is 0.336. The molecule has 0 saturated carbocycles. The van der Waals surface area contributed by atoms with Crippen molar-refractivity contribution < 1.29 is 18.4 Å². The number of benzene rings is 2. The van der Waals surface area contributed by atoms with E-state index < -0.39 is 22.2 Å². The van der Waals surface area contributed by atoms with E-state index in [1.807, 2.05) is 0 Å². The van der Waals surface area contributed by atoms with E-state index in [-0.39, 0.29) is 6.61 Å². The van der Waals surface area contributed by atoms with Crippen LogP contribution in [-0.4, -0.2) is 4.92 Å². The van der Waals surface area contributed by atoms with Gasteiger partial charge in [0.2, 0.25) is 5.82 Å². The summed E-state index contributed by atoms with van der Waals surface area (Å²) in [4.78, 5) is 9.68.